The summed E-state index contributed by atoms with van der Waals surface area (Å²) in [6, 6.07) is 8.95. The number of carbonyl (C=O) groups is 2. The highest BCUT2D eigenvalue weighted by atomic mass is 19.1. The molecule has 12 heteroatoms. The van der Waals surface area contributed by atoms with E-state index in [1.165, 1.54) is 12.1 Å². The number of nitrogens with one attached hydrogen (secondary N) is 1. The molecule has 1 aromatic heterocycles. The molecule has 4 aliphatic heterocycles. The van der Waals surface area contributed by atoms with Crippen molar-refractivity contribution in [3.05, 3.63) is 53.0 Å². The number of piperazine rings is 1. The van der Waals surface area contributed by atoms with Crippen LogP contribution in [0.5, 0.6) is 5.88 Å². The molecule has 0 saturated carbocycles. The maximum atomic E-state index is 14.3. The molecule has 6 rings (SSSR count). The molecule has 2 amide bonds. The van der Waals surface area contributed by atoms with E-state index in [2.05, 4.69) is 35.9 Å². The Balaban J connectivity index is 1.29. The Hall–Kier alpha value is -3.16. The van der Waals surface area contributed by atoms with Crippen molar-refractivity contribution in [1.82, 2.24) is 25.0 Å². The van der Waals surface area contributed by atoms with Crippen LogP contribution in [0.4, 0.5) is 10.1 Å². The zero-order valence-corrected chi connectivity index (χ0v) is 27.4. The van der Waals surface area contributed by atoms with E-state index in [0.717, 1.165) is 25.2 Å². The topological polar surface area (TPSA) is 99.7 Å². The Labute approximate surface area is 270 Å². The van der Waals surface area contributed by atoms with Gasteiger partial charge in [-0.2, -0.15) is 0 Å². The molecule has 5 atom stereocenters. The van der Waals surface area contributed by atoms with Crippen LogP contribution in [0.3, 0.4) is 0 Å². The number of rotatable bonds is 7. The van der Waals surface area contributed by atoms with Crippen LogP contribution in [0.1, 0.15) is 49.3 Å². The maximum Gasteiger partial charge on any atom is 0.273 e. The molecule has 0 spiro atoms. The van der Waals surface area contributed by atoms with E-state index < -0.39 is 0 Å². The van der Waals surface area contributed by atoms with Gasteiger partial charge in [0.05, 0.1) is 39.0 Å². The van der Waals surface area contributed by atoms with Gasteiger partial charge in [-0.15, -0.1) is 0 Å². The molecular weight excluding hydrogens is 591 g/mol. The monoisotopic (exact) mass is 638 g/mol. The van der Waals surface area contributed by atoms with Gasteiger partial charge in [0.15, 0.2) is 0 Å². The lowest BCUT2D eigenvalue weighted by Crippen LogP contribution is -2.63. The molecule has 0 bridgehead atoms. The number of pyridine rings is 1. The fraction of sp³-hybridized carbons (Fsp3) is 0.618. The summed E-state index contributed by atoms with van der Waals surface area (Å²) in [7, 11) is 0. The molecule has 3 fully saturated rings. The first-order valence-electron chi connectivity index (χ1n) is 16.6. The second kappa shape index (κ2) is 14.3. The van der Waals surface area contributed by atoms with Crippen LogP contribution in [0.25, 0.3) is 0 Å². The lowest BCUT2D eigenvalue weighted by Gasteiger charge is -2.46. The van der Waals surface area contributed by atoms with Crippen LogP contribution in [0.15, 0.2) is 30.3 Å². The van der Waals surface area contributed by atoms with Crippen molar-refractivity contribution < 1.29 is 28.2 Å². The van der Waals surface area contributed by atoms with Gasteiger partial charge in [-0.1, -0.05) is 12.1 Å². The van der Waals surface area contributed by atoms with Gasteiger partial charge < -0.3 is 29.3 Å². The van der Waals surface area contributed by atoms with E-state index in [1.807, 2.05) is 13.0 Å². The van der Waals surface area contributed by atoms with Crippen LogP contribution in [0, 0.1) is 5.82 Å². The number of anilines is 1. The molecule has 2 aromatic rings. The van der Waals surface area contributed by atoms with Crippen molar-refractivity contribution in [2.75, 3.05) is 77.2 Å². The van der Waals surface area contributed by atoms with E-state index in [9.17, 15) is 14.0 Å². The third kappa shape index (κ3) is 7.21. The number of morpholine rings is 2. The van der Waals surface area contributed by atoms with Crippen molar-refractivity contribution in [3.8, 4) is 5.88 Å². The Morgan fingerprint density at radius 1 is 0.978 bits per heavy atom. The SMILES string of the molecule is CC1COc2nc(C(=O)N3CCOCC3)c(Cc3ccc(F)cc3)cc2N1C(=O)CN1C[C@@H](C)NC[C@@H]1CN1[C@H](C)COC[C@H]1C. The highest BCUT2D eigenvalue weighted by molar-refractivity contribution is 5.99. The summed E-state index contributed by atoms with van der Waals surface area (Å²) in [5.41, 5.74) is 2.36. The van der Waals surface area contributed by atoms with E-state index in [-0.39, 0.29) is 60.5 Å². The van der Waals surface area contributed by atoms with Crippen LogP contribution in [-0.4, -0.2) is 134 Å². The summed E-state index contributed by atoms with van der Waals surface area (Å²) < 4.78 is 31.0. The first kappa shape index (κ1) is 32.8. The zero-order chi connectivity index (χ0) is 32.4. The number of aromatic nitrogens is 1. The van der Waals surface area contributed by atoms with Gasteiger partial charge >= 0.3 is 0 Å². The Kier molecular flexibility index (Phi) is 10.2. The molecule has 5 heterocycles. The summed E-state index contributed by atoms with van der Waals surface area (Å²) in [4.78, 5) is 41.2. The van der Waals surface area contributed by atoms with Crippen molar-refractivity contribution in [2.24, 2.45) is 0 Å². The maximum absolute atomic E-state index is 14.3. The Morgan fingerprint density at radius 2 is 1.70 bits per heavy atom. The van der Waals surface area contributed by atoms with Crippen molar-refractivity contribution in [2.45, 2.75) is 64.3 Å². The molecule has 250 valence electrons. The highest BCUT2D eigenvalue weighted by Gasteiger charge is 2.38. The molecule has 3 saturated heterocycles. The minimum absolute atomic E-state index is 0.0268. The van der Waals surface area contributed by atoms with E-state index >= 15 is 0 Å². The van der Waals surface area contributed by atoms with Crippen molar-refractivity contribution in [3.63, 3.8) is 0 Å². The minimum atomic E-state index is -0.325. The summed E-state index contributed by atoms with van der Waals surface area (Å²) >= 11 is 0. The number of halogens is 1. The molecular formula is C34H47FN6O5. The van der Waals surface area contributed by atoms with Crippen LogP contribution >= 0.6 is 0 Å². The number of hydrogen-bond donors (Lipinski definition) is 1. The van der Waals surface area contributed by atoms with Gasteiger partial charge in [-0.3, -0.25) is 19.4 Å². The number of amides is 2. The second-order valence-corrected chi connectivity index (χ2v) is 13.3. The Morgan fingerprint density at radius 3 is 2.41 bits per heavy atom. The molecule has 1 N–H and O–H groups in total. The molecule has 0 aliphatic carbocycles. The van der Waals surface area contributed by atoms with Gasteiger partial charge in [-0.05, 0) is 63.4 Å². The Bertz CT molecular complexity index is 1380. The number of fused-ring (bicyclic) bond motifs is 1. The number of ether oxygens (including phenoxy) is 3. The average Bonchev–Trinajstić information content (AvgIpc) is 3.04. The van der Waals surface area contributed by atoms with Gasteiger partial charge in [-0.25, -0.2) is 9.37 Å². The fourth-order valence-electron chi connectivity index (χ4n) is 7.05. The predicted molar refractivity (Wildman–Crippen MR) is 172 cm³/mol. The smallest absolute Gasteiger partial charge is 0.273 e. The van der Waals surface area contributed by atoms with E-state index in [0.29, 0.717) is 69.3 Å². The van der Waals surface area contributed by atoms with Gasteiger partial charge in [0.1, 0.15) is 23.8 Å². The zero-order valence-electron chi connectivity index (χ0n) is 27.4. The molecule has 1 unspecified atom stereocenters. The number of benzene rings is 1. The van der Waals surface area contributed by atoms with Crippen molar-refractivity contribution in [1.29, 1.82) is 0 Å². The summed E-state index contributed by atoms with van der Waals surface area (Å²) in [5, 5.41) is 3.61. The third-order valence-electron chi connectivity index (χ3n) is 9.62. The predicted octanol–water partition coefficient (Wildman–Crippen LogP) is 2.17. The standard InChI is InChI=1S/C34H47FN6O5/c1-22-16-39(29(15-36-22)17-40-23(2)19-45-20-24(40)3)18-31(42)41-25(4)21-46-33-30(41)14-27(13-26-5-7-28(35)8-6-26)32(37-33)34(43)38-9-11-44-12-10-38/h5-8,14,22-25,29,36H,9-13,15-21H2,1-4H3/t22-,23-,24-,25?,29-/m1/s1. The summed E-state index contributed by atoms with van der Waals surface area (Å²) in [6.45, 7) is 14.8. The van der Waals surface area contributed by atoms with Crippen LogP contribution < -0.4 is 15.0 Å². The quantitative estimate of drug-likeness (QED) is 0.490. The fourth-order valence-corrected chi connectivity index (χ4v) is 7.05. The molecule has 1 aromatic carbocycles. The lowest BCUT2D eigenvalue weighted by molar-refractivity contribution is -0.122. The molecule has 11 nitrogen and oxygen atoms in total. The molecule has 0 radical (unpaired) electrons. The number of hydrogen-bond acceptors (Lipinski definition) is 9. The average molecular weight is 639 g/mol. The first-order valence-corrected chi connectivity index (χ1v) is 16.6. The lowest BCUT2D eigenvalue weighted by atomic mass is 10.0. The van der Waals surface area contributed by atoms with Crippen LogP contribution in [-0.2, 0) is 20.7 Å². The van der Waals surface area contributed by atoms with Gasteiger partial charge in [0.2, 0.25) is 11.8 Å². The number of nitrogens with zero attached hydrogens (tertiary/aromatic N) is 5. The summed E-state index contributed by atoms with van der Waals surface area (Å²) in [5.74, 6) is -0.269. The van der Waals surface area contributed by atoms with E-state index in [1.54, 1.807) is 21.9 Å². The van der Waals surface area contributed by atoms with E-state index in [4.69, 9.17) is 19.2 Å². The molecule has 4 aliphatic rings. The van der Waals surface area contributed by atoms with Crippen molar-refractivity contribution >= 4 is 17.5 Å². The summed E-state index contributed by atoms with van der Waals surface area (Å²) in [6.07, 6.45) is 0.357. The second-order valence-electron chi connectivity index (χ2n) is 13.3. The highest BCUT2D eigenvalue weighted by Crippen LogP contribution is 2.36. The normalized spacial score (nSPS) is 27.6. The number of carbonyl (C=O) groups excluding carboxylic acids is 2. The van der Waals surface area contributed by atoms with Crippen LogP contribution in [0.2, 0.25) is 0 Å². The van der Waals surface area contributed by atoms with Gasteiger partial charge in [0, 0.05) is 56.9 Å². The third-order valence-corrected chi connectivity index (χ3v) is 9.62. The molecule has 46 heavy (non-hydrogen) atoms. The minimum Gasteiger partial charge on any atom is -0.474 e. The van der Waals surface area contributed by atoms with Gasteiger partial charge in [0.25, 0.3) is 5.91 Å². The largest absolute Gasteiger partial charge is 0.474 e. The first-order chi connectivity index (χ1) is 22.2.